The van der Waals surface area contributed by atoms with Gasteiger partial charge in [-0.2, -0.15) is 5.10 Å². The number of thiophene rings is 1. The molecule has 1 N–H and O–H groups in total. The number of rotatable bonds is 5. The molecule has 3 aromatic rings. The molecule has 1 aromatic heterocycles. The van der Waals surface area contributed by atoms with E-state index in [0.717, 1.165) is 5.56 Å². The van der Waals surface area contributed by atoms with Gasteiger partial charge in [-0.05, 0) is 69.3 Å². The fraction of sp³-hybridized carbons (Fsp3) is 0. The Labute approximate surface area is 162 Å². The first-order valence-electron chi connectivity index (χ1n) is 7.57. The lowest BCUT2D eigenvalue weighted by Crippen LogP contribution is -2.18. The third-order valence-electron chi connectivity index (χ3n) is 3.31. The van der Waals surface area contributed by atoms with E-state index in [1.54, 1.807) is 54.6 Å². The number of amides is 1. The topological polar surface area (TPSA) is 67.8 Å². The normalized spacial score (nSPS) is 10.7. The Morgan fingerprint density at radius 1 is 1.04 bits per heavy atom. The average molecular weight is 429 g/mol. The Kier molecular flexibility index (Phi) is 5.93. The maximum absolute atomic E-state index is 12.0. The summed E-state index contributed by atoms with van der Waals surface area (Å²) < 4.78 is 5.98. The predicted octanol–water partition coefficient (Wildman–Crippen LogP) is 4.49. The maximum atomic E-state index is 12.0. The maximum Gasteiger partial charge on any atom is 0.353 e. The summed E-state index contributed by atoms with van der Waals surface area (Å²) in [6, 6.07) is 17.4. The molecule has 0 aliphatic heterocycles. The summed E-state index contributed by atoms with van der Waals surface area (Å²) in [7, 11) is 0. The second kappa shape index (κ2) is 8.55. The zero-order valence-electron chi connectivity index (χ0n) is 13.4. The van der Waals surface area contributed by atoms with E-state index in [9.17, 15) is 9.59 Å². The van der Waals surface area contributed by atoms with Crippen LogP contribution in [0.1, 0.15) is 25.6 Å². The van der Waals surface area contributed by atoms with Gasteiger partial charge in [-0.25, -0.2) is 10.2 Å². The van der Waals surface area contributed by atoms with Crippen molar-refractivity contribution in [3.63, 3.8) is 0 Å². The van der Waals surface area contributed by atoms with E-state index in [2.05, 4.69) is 26.5 Å². The van der Waals surface area contributed by atoms with Gasteiger partial charge in [-0.15, -0.1) is 11.3 Å². The van der Waals surface area contributed by atoms with Crippen LogP contribution in [0.15, 0.2) is 75.6 Å². The second-order valence-corrected chi connectivity index (χ2v) is 6.92. The average Bonchev–Trinajstić information content (AvgIpc) is 3.18. The zero-order valence-corrected chi connectivity index (χ0v) is 15.8. The number of hydrogen-bond donors (Lipinski definition) is 1. The highest BCUT2D eigenvalue weighted by molar-refractivity contribution is 9.10. The van der Waals surface area contributed by atoms with E-state index in [1.165, 1.54) is 17.6 Å². The van der Waals surface area contributed by atoms with Crippen LogP contribution in [0.5, 0.6) is 5.75 Å². The Balaban J connectivity index is 1.57. The highest BCUT2D eigenvalue weighted by Gasteiger charge is 2.09. The lowest BCUT2D eigenvalue weighted by molar-refractivity contribution is 0.0739. The number of nitrogens with zero attached hydrogens (tertiary/aromatic N) is 1. The molecule has 7 heteroatoms. The van der Waals surface area contributed by atoms with E-state index in [1.807, 2.05) is 11.4 Å². The van der Waals surface area contributed by atoms with Gasteiger partial charge in [0.1, 0.15) is 10.6 Å². The Hall–Kier alpha value is -2.77. The van der Waals surface area contributed by atoms with Crippen LogP contribution in [0.3, 0.4) is 0 Å². The standard InChI is InChI=1S/C19H13BrN2O3S/c20-16-5-2-1-4-15(16)18(23)22-21-12-13-7-9-14(10-8-13)25-19(24)17-6-3-11-26-17/h1-12H,(H,22,23). The minimum Gasteiger partial charge on any atom is -0.422 e. The summed E-state index contributed by atoms with van der Waals surface area (Å²) in [5.41, 5.74) is 3.73. The number of hydrazone groups is 1. The van der Waals surface area contributed by atoms with Crippen LogP contribution < -0.4 is 10.2 Å². The van der Waals surface area contributed by atoms with Gasteiger partial charge in [0.25, 0.3) is 5.91 Å². The van der Waals surface area contributed by atoms with Crippen molar-refractivity contribution in [2.24, 2.45) is 5.10 Å². The van der Waals surface area contributed by atoms with Crippen molar-refractivity contribution < 1.29 is 14.3 Å². The SMILES string of the molecule is O=C(Oc1ccc(C=NNC(=O)c2ccccc2Br)cc1)c1cccs1. The lowest BCUT2D eigenvalue weighted by atomic mass is 10.2. The van der Waals surface area contributed by atoms with Crippen molar-refractivity contribution in [1.82, 2.24) is 5.43 Å². The smallest absolute Gasteiger partial charge is 0.353 e. The van der Waals surface area contributed by atoms with E-state index in [0.29, 0.717) is 20.7 Å². The highest BCUT2D eigenvalue weighted by atomic mass is 79.9. The fourth-order valence-electron chi connectivity index (χ4n) is 2.04. The van der Waals surface area contributed by atoms with Crippen LogP contribution >= 0.6 is 27.3 Å². The fourth-order valence-corrected chi connectivity index (χ4v) is 3.11. The van der Waals surface area contributed by atoms with Crippen LogP contribution in [0.25, 0.3) is 0 Å². The molecule has 0 saturated heterocycles. The van der Waals surface area contributed by atoms with Crippen LogP contribution in [-0.4, -0.2) is 18.1 Å². The molecule has 0 aliphatic carbocycles. The third kappa shape index (κ3) is 4.65. The van der Waals surface area contributed by atoms with Crippen LogP contribution in [0.4, 0.5) is 0 Å². The van der Waals surface area contributed by atoms with Gasteiger partial charge in [-0.3, -0.25) is 4.79 Å². The largest absolute Gasteiger partial charge is 0.422 e. The number of ether oxygens (including phenoxy) is 1. The molecular weight excluding hydrogens is 416 g/mol. The van der Waals surface area contributed by atoms with E-state index in [-0.39, 0.29) is 11.9 Å². The molecule has 0 bridgehead atoms. The van der Waals surface area contributed by atoms with Crippen molar-refractivity contribution in [1.29, 1.82) is 0 Å². The van der Waals surface area contributed by atoms with Gasteiger partial charge >= 0.3 is 5.97 Å². The van der Waals surface area contributed by atoms with Crippen LogP contribution in [0, 0.1) is 0 Å². The molecular formula is C19H13BrN2O3S. The molecule has 0 atom stereocenters. The molecule has 0 unspecified atom stereocenters. The molecule has 0 aliphatic rings. The van der Waals surface area contributed by atoms with Crippen LogP contribution in [0.2, 0.25) is 0 Å². The van der Waals surface area contributed by atoms with E-state index in [4.69, 9.17) is 4.74 Å². The summed E-state index contributed by atoms with van der Waals surface area (Å²) in [4.78, 5) is 24.5. The summed E-state index contributed by atoms with van der Waals surface area (Å²) in [5.74, 6) is -0.254. The van der Waals surface area contributed by atoms with Crippen molar-refractivity contribution >= 4 is 45.4 Å². The molecule has 5 nitrogen and oxygen atoms in total. The van der Waals surface area contributed by atoms with Gasteiger partial charge in [-0.1, -0.05) is 18.2 Å². The minimum absolute atomic E-state index is 0.310. The summed E-state index contributed by atoms with van der Waals surface area (Å²) in [5, 5.41) is 5.76. The molecule has 0 spiro atoms. The molecule has 3 rings (SSSR count). The summed E-state index contributed by atoms with van der Waals surface area (Å²) in [6.07, 6.45) is 1.51. The third-order valence-corrected chi connectivity index (χ3v) is 4.85. The number of carbonyl (C=O) groups is 2. The summed E-state index contributed by atoms with van der Waals surface area (Å²) >= 11 is 4.65. The first-order valence-corrected chi connectivity index (χ1v) is 9.24. The highest BCUT2D eigenvalue weighted by Crippen LogP contribution is 2.17. The Morgan fingerprint density at radius 3 is 2.50 bits per heavy atom. The van der Waals surface area contributed by atoms with Gasteiger partial charge in [0.05, 0.1) is 11.8 Å². The monoisotopic (exact) mass is 428 g/mol. The molecule has 130 valence electrons. The number of halogens is 1. The van der Waals surface area contributed by atoms with Gasteiger partial charge in [0.2, 0.25) is 0 Å². The Morgan fingerprint density at radius 2 is 1.81 bits per heavy atom. The molecule has 2 aromatic carbocycles. The zero-order chi connectivity index (χ0) is 18.4. The predicted molar refractivity (Wildman–Crippen MR) is 105 cm³/mol. The molecule has 1 amide bonds. The Bertz CT molecular complexity index is 938. The molecule has 0 fully saturated rings. The van der Waals surface area contributed by atoms with Crippen molar-refractivity contribution in [2.75, 3.05) is 0 Å². The van der Waals surface area contributed by atoms with Gasteiger partial charge in [0, 0.05) is 4.47 Å². The number of esters is 1. The molecule has 0 saturated carbocycles. The molecule has 1 heterocycles. The van der Waals surface area contributed by atoms with Gasteiger partial charge in [0.15, 0.2) is 0 Å². The quantitative estimate of drug-likeness (QED) is 0.281. The summed E-state index contributed by atoms with van der Waals surface area (Å²) in [6.45, 7) is 0. The van der Waals surface area contributed by atoms with E-state index < -0.39 is 0 Å². The van der Waals surface area contributed by atoms with Crippen molar-refractivity contribution in [2.45, 2.75) is 0 Å². The second-order valence-electron chi connectivity index (χ2n) is 5.11. The number of benzene rings is 2. The van der Waals surface area contributed by atoms with Crippen molar-refractivity contribution in [3.8, 4) is 5.75 Å². The van der Waals surface area contributed by atoms with E-state index >= 15 is 0 Å². The lowest BCUT2D eigenvalue weighted by Gasteiger charge is -2.03. The molecule has 26 heavy (non-hydrogen) atoms. The molecule has 0 radical (unpaired) electrons. The van der Waals surface area contributed by atoms with Crippen molar-refractivity contribution in [3.05, 3.63) is 86.5 Å². The first kappa shape index (κ1) is 18.0. The number of hydrogen-bond acceptors (Lipinski definition) is 5. The first-order chi connectivity index (χ1) is 12.6. The van der Waals surface area contributed by atoms with Gasteiger partial charge < -0.3 is 4.74 Å². The minimum atomic E-state index is -0.387. The number of nitrogens with one attached hydrogen (secondary N) is 1. The van der Waals surface area contributed by atoms with Crippen LogP contribution in [-0.2, 0) is 0 Å². The number of carbonyl (C=O) groups excluding carboxylic acids is 2.